The van der Waals surface area contributed by atoms with Crippen molar-refractivity contribution in [1.29, 1.82) is 0 Å². The lowest BCUT2D eigenvalue weighted by atomic mass is 10.2. The van der Waals surface area contributed by atoms with Crippen LogP contribution in [0.4, 0.5) is 0 Å². The van der Waals surface area contributed by atoms with Crippen LogP contribution < -0.4 is 11.2 Å². The summed E-state index contributed by atoms with van der Waals surface area (Å²) in [4.78, 5) is 50.9. The van der Waals surface area contributed by atoms with Gasteiger partial charge in [0, 0.05) is 0 Å². The highest BCUT2D eigenvalue weighted by atomic mass is 32.1. The maximum Gasteiger partial charge on any atom is 0.348 e. The number of ether oxygens (including phenoxy) is 2. The molecule has 0 aliphatic carbocycles. The van der Waals surface area contributed by atoms with E-state index in [0.717, 1.165) is 21.5 Å². The van der Waals surface area contributed by atoms with Gasteiger partial charge >= 0.3 is 17.6 Å². The summed E-state index contributed by atoms with van der Waals surface area (Å²) < 4.78 is 12.0. The summed E-state index contributed by atoms with van der Waals surface area (Å²) in [5.74, 6) is -1.21. The molecule has 2 aromatic heterocycles. The van der Waals surface area contributed by atoms with Crippen LogP contribution in [-0.2, 0) is 27.4 Å². The van der Waals surface area contributed by atoms with Gasteiger partial charge in [0.25, 0.3) is 5.56 Å². The minimum Gasteiger partial charge on any atom is -0.468 e. The summed E-state index contributed by atoms with van der Waals surface area (Å²) in [7, 11) is 1.22. The third-order valence-corrected chi connectivity index (χ3v) is 5.75. The monoisotopic (exact) mass is 416 g/mol. The van der Waals surface area contributed by atoms with E-state index in [1.54, 1.807) is 38.1 Å². The van der Waals surface area contributed by atoms with E-state index in [9.17, 15) is 19.2 Å². The van der Waals surface area contributed by atoms with E-state index in [-0.39, 0.29) is 34.8 Å². The molecular formula is C20H20N2O6S. The first-order chi connectivity index (χ1) is 13.9. The van der Waals surface area contributed by atoms with E-state index < -0.39 is 23.2 Å². The number of rotatable bonds is 6. The summed E-state index contributed by atoms with van der Waals surface area (Å²) in [6, 6.07) is 9.04. The Hall–Kier alpha value is -3.20. The fraction of sp³-hybridized carbons (Fsp3) is 0.300. The van der Waals surface area contributed by atoms with Crippen LogP contribution in [0.5, 0.6) is 0 Å². The Bertz CT molecular complexity index is 1190. The Morgan fingerprint density at radius 2 is 1.79 bits per heavy atom. The molecule has 0 saturated carbocycles. The smallest absolute Gasteiger partial charge is 0.348 e. The van der Waals surface area contributed by atoms with Crippen LogP contribution in [0.15, 0.2) is 39.9 Å². The lowest BCUT2D eigenvalue weighted by molar-refractivity contribution is -0.141. The zero-order valence-electron chi connectivity index (χ0n) is 16.3. The number of methoxy groups -OCH3 is 1. The number of nitrogens with zero attached hydrogens (tertiary/aromatic N) is 2. The standard InChI is InChI=1S/C20H20N2O6S/c1-4-28-19(25)16-12(2)15-17(24)21(10-13-8-6-5-7-9-13)20(26)22(18(15)29-16)11-14(23)27-3/h5-9H,4,10-11H2,1-3H3. The average molecular weight is 416 g/mol. The van der Waals surface area contributed by atoms with Gasteiger partial charge in [0.15, 0.2) is 0 Å². The van der Waals surface area contributed by atoms with Crippen molar-refractivity contribution in [2.45, 2.75) is 26.9 Å². The maximum absolute atomic E-state index is 13.2. The Labute approximate surface area is 169 Å². The Morgan fingerprint density at radius 3 is 2.41 bits per heavy atom. The molecule has 0 amide bonds. The van der Waals surface area contributed by atoms with Gasteiger partial charge in [0.05, 0.1) is 25.6 Å². The maximum atomic E-state index is 13.2. The van der Waals surface area contributed by atoms with E-state index in [4.69, 9.17) is 9.47 Å². The summed E-state index contributed by atoms with van der Waals surface area (Å²) in [5.41, 5.74) is 0.0238. The second-order valence-corrected chi connectivity index (χ2v) is 7.28. The van der Waals surface area contributed by atoms with Crippen LogP contribution >= 0.6 is 11.3 Å². The van der Waals surface area contributed by atoms with Gasteiger partial charge in [-0.1, -0.05) is 30.3 Å². The van der Waals surface area contributed by atoms with E-state index in [2.05, 4.69) is 0 Å². The number of esters is 2. The number of carbonyl (C=O) groups excluding carboxylic acids is 2. The number of hydrogen-bond acceptors (Lipinski definition) is 7. The molecule has 0 spiro atoms. The number of hydrogen-bond donors (Lipinski definition) is 0. The molecule has 3 aromatic rings. The molecule has 0 aliphatic rings. The number of thiophene rings is 1. The van der Waals surface area contributed by atoms with Crippen molar-refractivity contribution >= 4 is 33.5 Å². The second-order valence-electron chi connectivity index (χ2n) is 6.28. The fourth-order valence-electron chi connectivity index (χ4n) is 3.02. The molecule has 0 atom stereocenters. The average Bonchev–Trinajstić information content (AvgIpc) is 3.06. The minimum absolute atomic E-state index is 0.0413. The minimum atomic E-state index is -0.645. The molecule has 3 rings (SSSR count). The predicted molar refractivity (Wildman–Crippen MR) is 109 cm³/mol. The molecule has 9 heteroatoms. The van der Waals surface area contributed by atoms with Crippen molar-refractivity contribution in [3.63, 3.8) is 0 Å². The number of benzene rings is 1. The summed E-state index contributed by atoms with van der Waals surface area (Å²) in [6.07, 6.45) is 0. The molecule has 0 aliphatic heterocycles. The number of aromatic nitrogens is 2. The van der Waals surface area contributed by atoms with Crippen LogP contribution in [-0.4, -0.2) is 34.8 Å². The predicted octanol–water partition coefficient (Wildman–Crippen LogP) is 1.93. The summed E-state index contributed by atoms with van der Waals surface area (Å²) in [6.45, 7) is 3.16. The highest BCUT2D eigenvalue weighted by Crippen LogP contribution is 2.28. The van der Waals surface area contributed by atoms with Gasteiger partial charge in [-0.3, -0.25) is 18.7 Å². The van der Waals surface area contributed by atoms with Crippen LogP contribution in [0, 0.1) is 6.92 Å². The first kappa shape index (κ1) is 20.5. The molecule has 1 aromatic carbocycles. The van der Waals surface area contributed by atoms with E-state index in [0.29, 0.717) is 5.56 Å². The van der Waals surface area contributed by atoms with Crippen molar-refractivity contribution < 1.29 is 19.1 Å². The van der Waals surface area contributed by atoms with Gasteiger partial charge in [-0.2, -0.15) is 0 Å². The quantitative estimate of drug-likeness (QED) is 0.570. The molecule has 0 fully saturated rings. The molecular weight excluding hydrogens is 396 g/mol. The van der Waals surface area contributed by atoms with Crippen LogP contribution in [0.3, 0.4) is 0 Å². The first-order valence-electron chi connectivity index (χ1n) is 8.93. The molecule has 29 heavy (non-hydrogen) atoms. The first-order valence-corrected chi connectivity index (χ1v) is 9.75. The number of carbonyl (C=O) groups is 2. The van der Waals surface area contributed by atoms with Gasteiger partial charge in [0.2, 0.25) is 0 Å². The Kier molecular flexibility index (Phi) is 5.97. The second kappa shape index (κ2) is 8.44. The van der Waals surface area contributed by atoms with E-state index >= 15 is 0 Å². The SMILES string of the molecule is CCOC(=O)c1sc2c(c1C)c(=O)n(Cc1ccccc1)c(=O)n2CC(=O)OC. The zero-order valence-corrected chi connectivity index (χ0v) is 17.1. The fourth-order valence-corrected chi connectivity index (χ4v) is 4.21. The van der Waals surface area contributed by atoms with Crippen molar-refractivity contribution in [2.75, 3.05) is 13.7 Å². The number of aryl methyl sites for hydroxylation is 1. The summed E-state index contributed by atoms with van der Waals surface area (Å²) >= 11 is 0.962. The molecule has 2 heterocycles. The van der Waals surface area contributed by atoms with Crippen molar-refractivity contribution in [3.05, 3.63) is 67.2 Å². The van der Waals surface area contributed by atoms with Crippen molar-refractivity contribution in [1.82, 2.24) is 9.13 Å². The van der Waals surface area contributed by atoms with Crippen LogP contribution in [0.1, 0.15) is 27.7 Å². The van der Waals surface area contributed by atoms with Crippen LogP contribution in [0.2, 0.25) is 0 Å². The summed E-state index contributed by atoms with van der Waals surface area (Å²) in [5, 5.41) is 0.220. The van der Waals surface area contributed by atoms with Gasteiger partial charge < -0.3 is 9.47 Å². The van der Waals surface area contributed by atoms with E-state index in [1.165, 1.54) is 11.7 Å². The lowest BCUT2D eigenvalue weighted by Gasteiger charge is -2.11. The highest BCUT2D eigenvalue weighted by Gasteiger charge is 2.24. The Balaban J connectivity index is 2.30. The topological polar surface area (TPSA) is 96.6 Å². The molecule has 0 saturated heterocycles. The molecule has 0 unspecified atom stereocenters. The van der Waals surface area contributed by atoms with Gasteiger partial charge in [-0.05, 0) is 25.0 Å². The highest BCUT2D eigenvalue weighted by molar-refractivity contribution is 7.20. The van der Waals surface area contributed by atoms with Crippen molar-refractivity contribution in [2.24, 2.45) is 0 Å². The molecule has 0 bridgehead atoms. The normalized spacial score (nSPS) is 10.9. The van der Waals surface area contributed by atoms with Crippen LogP contribution in [0.25, 0.3) is 10.2 Å². The van der Waals surface area contributed by atoms with Gasteiger partial charge in [-0.25, -0.2) is 9.59 Å². The number of fused-ring (bicyclic) bond motifs is 1. The van der Waals surface area contributed by atoms with Gasteiger partial charge in [-0.15, -0.1) is 11.3 Å². The van der Waals surface area contributed by atoms with Crippen molar-refractivity contribution in [3.8, 4) is 0 Å². The zero-order chi connectivity index (χ0) is 21.1. The van der Waals surface area contributed by atoms with E-state index in [1.807, 2.05) is 6.07 Å². The third-order valence-electron chi connectivity index (χ3n) is 4.45. The lowest BCUT2D eigenvalue weighted by Crippen LogP contribution is -2.41. The third kappa shape index (κ3) is 3.86. The van der Waals surface area contributed by atoms with Gasteiger partial charge in [0.1, 0.15) is 16.3 Å². The molecule has 0 radical (unpaired) electrons. The largest absolute Gasteiger partial charge is 0.468 e. The molecule has 0 N–H and O–H groups in total. The Morgan fingerprint density at radius 1 is 1.10 bits per heavy atom. The molecule has 152 valence electrons. The molecule has 8 nitrogen and oxygen atoms in total.